The summed E-state index contributed by atoms with van der Waals surface area (Å²) >= 11 is 0. The number of carbonyl (C=O) groups is 2. The fraction of sp³-hybridized carbons (Fsp3) is 0.742. The van der Waals surface area contributed by atoms with E-state index in [9.17, 15) is 9.59 Å². The molecule has 4 bridgehead atoms. The molecule has 2 saturated heterocycles. The van der Waals surface area contributed by atoms with Crippen LogP contribution in [0.1, 0.15) is 64.4 Å². The lowest BCUT2D eigenvalue weighted by molar-refractivity contribution is -0.383. The van der Waals surface area contributed by atoms with Crippen molar-refractivity contribution in [3.63, 3.8) is 0 Å². The maximum absolute atomic E-state index is 13.8. The average Bonchev–Trinajstić information content (AvgIpc) is 3.40. The first kappa shape index (κ1) is 27.9. The summed E-state index contributed by atoms with van der Waals surface area (Å²) in [5.74, 6) is 1.56. The van der Waals surface area contributed by atoms with Gasteiger partial charge in [0.15, 0.2) is 0 Å². The second-order valence-electron chi connectivity index (χ2n) is 13.1. The molecule has 40 heavy (non-hydrogen) atoms. The van der Waals surface area contributed by atoms with E-state index < -0.39 is 24.2 Å². The lowest BCUT2D eigenvalue weighted by Gasteiger charge is -2.57. The molecule has 1 spiro atoms. The van der Waals surface area contributed by atoms with Gasteiger partial charge >= 0.3 is 6.03 Å². The molecule has 2 aliphatic heterocycles. The first-order valence-corrected chi connectivity index (χ1v) is 15.4. The van der Waals surface area contributed by atoms with Crippen molar-refractivity contribution in [3.8, 4) is 0 Å². The van der Waals surface area contributed by atoms with Gasteiger partial charge in [0.05, 0.1) is 19.3 Å². The number of aryl methyl sites for hydroxylation is 1. The van der Waals surface area contributed by atoms with Crippen LogP contribution in [0.5, 0.6) is 0 Å². The molecule has 0 radical (unpaired) electrons. The third-order valence-electron chi connectivity index (χ3n) is 9.71. The Morgan fingerprint density at radius 1 is 0.975 bits per heavy atom. The monoisotopic (exact) mass is 555 g/mol. The third-order valence-corrected chi connectivity index (χ3v) is 9.71. The zero-order chi connectivity index (χ0) is 27.7. The van der Waals surface area contributed by atoms with Gasteiger partial charge in [-0.1, -0.05) is 44.2 Å². The summed E-state index contributed by atoms with van der Waals surface area (Å²) < 4.78 is 12.1. The highest BCUT2D eigenvalue weighted by molar-refractivity contribution is 5.87. The van der Waals surface area contributed by atoms with Crippen LogP contribution in [0.3, 0.4) is 0 Å². The predicted octanol–water partition coefficient (Wildman–Crippen LogP) is 4.02. The van der Waals surface area contributed by atoms with Gasteiger partial charge in [-0.25, -0.2) is 4.79 Å². The van der Waals surface area contributed by atoms with E-state index in [0.29, 0.717) is 51.0 Å². The number of nitrogens with one attached hydrogen (secondary N) is 2. The van der Waals surface area contributed by atoms with Crippen molar-refractivity contribution in [2.24, 2.45) is 29.6 Å². The maximum Gasteiger partial charge on any atom is 0.318 e. The molecule has 3 amide bonds. The topological polar surface area (TPSA) is 98.4 Å². The number of morpholine rings is 1. The average molecular weight is 556 g/mol. The quantitative estimate of drug-likeness (QED) is 0.447. The molecule has 9 nitrogen and oxygen atoms in total. The maximum atomic E-state index is 13.8. The fourth-order valence-electron chi connectivity index (χ4n) is 7.90. The number of benzene rings is 1. The van der Waals surface area contributed by atoms with E-state index >= 15 is 0 Å². The predicted molar refractivity (Wildman–Crippen MR) is 148 cm³/mol. The van der Waals surface area contributed by atoms with Gasteiger partial charge in [-0.05, 0) is 74.7 Å². The molecule has 3 atom stereocenters. The number of ether oxygens (including phenoxy) is 2. The van der Waals surface area contributed by atoms with Crippen molar-refractivity contribution in [3.05, 3.63) is 35.9 Å². The van der Waals surface area contributed by atoms with Gasteiger partial charge in [-0.2, -0.15) is 9.78 Å². The molecule has 6 fully saturated rings. The zero-order valence-corrected chi connectivity index (χ0v) is 23.9. The number of amides is 3. The van der Waals surface area contributed by atoms with E-state index in [1.54, 1.807) is 4.90 Å². The van der Waals surface area contributed by atoms with Crippen LogP contribution < -0.4 is 10.6 Å². The van der Waals surface area contributed by atoms with Gasteiger partial charge in [-0.3, -0.25) is 4.79 Å². The Morgan fingerprint density at radius 3 is 2.30 bits per heavy atom. The molecule has 1 aromatic carbocycles. The van der Waals surface area contributed by atoms with Crippen molar-refractivity contribution in [2.75, 3.05) is 26.3 Å². The summed E-state index contributed by atoms with van der Waals surface area (Å²) in [6.07, 6.45) is 7.11. The summed E-state index contributed by atoms with van der Waals surface area (Å²) in [6.45, 7) is 6.18. The van der Waals surface area contributed by atoms with Gasteiger partial charge < -0.3 is 25.0 Å². The lowest BCUT2D eigenvalue weighted by atomic mass is 9.53. The van der Waals surface area contributed by atoms with E-state index in [4.69, 9.17) is 19.2 Å². The van der Waals surface area contributed by atoms with Crippen LogP contribution in [0, 0.1) is 29.6 Å². The Morgan fingerprint density at radius 2 is 1.65 bits per heavy atom. The standard InChI is InChI=1S/C31H45N3O6/c1-20(2)14-27(33-30(36)34-10-12-37-13-11-34)28(35)32-26(9-8-21-6-4-3-5-7-21)29-38-31(40-39-29)24-16-22-15-23(18-24)19-25(31)17-22/h3-7,20,22-27,29H,8-19H2,1-2H3,(H,32,35)(H,33,36)/t22?,23?,24?,25?,26-,27-,29?,31?/m0/s1. The second kappa shape index (κ2) is 12.0. The molecule has 1 aromatic rings. The Labute approximate surface area is 237 Å². The van der Waals surface area contributed by atoms with Gasteiger partial charge in [0.25, 0.3) is 0 Å². The van der Waals surface area contributed by atoms with Crippen LogP contribution in [0.15, 0.2) is 30.3 Å². The molecule has 6 aliphatic rings. The number of carbonyl (C=O) groups excluding carboxylic acids is 2. The summed E-state index contributed by atoms with van der Waals surface area (Å²) in [4.78, 5) is 40.6. The zero-order valence-electron chi connectivity index (χ0n) is 23.9. The van der Waals surface area contributed by atoms with E-state index in [1.165, 1.54) is 12.0 Å². The van der Waals surface area contributed by atoms with E-state index in [2.05, 4.69) is 36.6 Å². The van der Waals surface area contributed by atoms with E-state index in [0.717, 1.165) is 43.9 Å². The van der Waals surface area contributed by atoms with Crippen LogP contribution in [0.4, 0.5) is 4.79 Å². The molecule has 4 saturated carbocycles. The molecule has 4 aliphatic carbocycles. The second-order valence-corrected chi connectivity index (χ2v) is 13.1. The summed E-state index contributed by atoms with van der Waals surface area (Å²) in [7, 11) is 0. The number of hydrogen-bond donors (Lipinski definition) is 2. The minimum Gasteiger partial charge on any atom is -0.378 e. The number of nitrogens with zero attached hydrogens (tertiary/aromatic N) is 1. The number of rotatable bonds is 9. The smallest absolute Gasteiger partial charge is 0.318 e. The van der Waals surface area contributed by atoms with E-state index in [-0.39, 0.29) is 17.9 Å². The molecule has 0 aromatic heterocycles. The molecule has 1 unspecified atom stereocenters. The summed E-state index contributed by atoms with van der Waals surface area (Å²) in [5, 5.41) is 6.21. The molecular formula is C31H45N3O6. The van der Waals surface area contributed by atoms with Gasteiger partial charge in [0, 0.05) is 24.9 Å². The third kappa shape index (κ3) is 5.89. The lowest BCUT2D eigenvalue weighted by Crippen LogP contribution is -2.59. The normalized spacial score (nSPS) is 34.3. The van der Waals surface area contributed by atoms with Crippen molar-refractivity contribution < 1.29 is 28.8 Å². The van der Waals surface area contributed by atoms with Crippen molar-refractivity contribution in [2.45, 2.75) is 89.4 Å². The van der Waals surface area contributed by atoms with Gasteiger partial charge in [0.1, 0.15) is 6.04 Å². The van der Waals surface area contributed by atoms with Gasteiger partial charge in [-0.15, -0.1) is 0 Å². The molecule has 2 heterocycles. The minimum absolute atomic E-state index is 0.216. The Balaban J connectivity index is 1.16. The first-order valence-electron chi connectivity index (χ1n) is 15.4. The highest BCUT2D eigenvalue weighted by Crippen LogP contribution is 2.61. The first-order chi connectivity index (χ1) is 19.4. The van der Waals surface area contributed by atoms with Crippen LogP contribution >= 0.6 is 0 Å². The number of urea groups is 1. The van der Waals surface area contributed by atoms with Crippen LogP contribution in [0.25, 0.3) is 0 Å². The summed E-state index contributed by atoms with van der Waals surface area (Å²) in [6, 6.07) is 8.93. The SMILES string of the molecule is CC(C)C[C@H](NC(=O)N1CCOCC1)C(=O)N[C@@H](CCc1ccccc1)C1OOC2(O1)C1CC3CC(C1)CC2C3. The van der Waals surface area contributed by atoms with Crippen LogP contribution in [-0.2, 0) is 30.5 Å². The molecule has 7 rings (SSSR count). The largest absolute Gasteiger partial charge is 0.378 e. The van der Waals surface area contributed by atoms with Crippen molar-refractivity contribution in [1.29, 1.82) is 0 Å². The summed E-state index contributed by atoms with van der Waals surface area (Å²) in [5.41, 5.74) is 1.18. The highest BCUT2D eigenvalue weighted by Gasteiger charge is 2.64. The Kier molecular flexibility index (Phi) is 8.35. The molecule has 2 N–H and O–H groups in total. The fourth-order valence-corrected chi connectivity index (χ4v) is 7.90. The molecule has 9 heteroatoms. The van der Waals surface area contributed by atoms with Gasteiger partial charge in [0.2, 0.25) is 18.0 Å². The Bertz CT molecular complexity index is 1000. The minimum atomic E-state index is -0.699. The van der Waals surface area contributed by atoms with Crippen LogP contribution in [0.2, 0.25) is 0 Å². The van der Waals surface area contributed by atoms with E-state index in [1.807, 2.05) is 18.2 Å². The number of hydrogen-bond acceptors (Lipinski definition) is 6. The highest BCUT2D eigenvalue weighted by atomic mass is 17.3. The van der Waals surface area contributed by atoms with Crippen LogP contribution in [-0.4, -0.2) is 67.3 Å². The van der Waals surface area contributed by atoms with Crippen molar-refractivity contribution in [1.82, 2.24) is 15.5 Å². The van der Waals surface area contributed by atoms with Crippen molar-refractivity contribution >= 4 is 11.9 Å². The Hall–Kier alpha value is -2.20. The molecular weight excluding hydrogens is 510 g/mol. The molecule has 220 valence electrons.